The van der Waals surface area contributed by atoms with Crippen LogP contribution in [0, 0.1) is 29.6 Å². The monoisotopic (exact) mass is 1480 g/mol. The maximum absolute atomic E-state index is 11.1. The number of carbonyl (C=O) groups is 5. The molecule has 0 aromatic heterocycles. The molecule has 0 saturated carbocycles. The second-order valence-corrected chi connectivity index (χ2v) is 30.4. The molecule has 0 heterocycles. The van der Waals surface area contributed by atoms with E-state index in [0.29, 0.717) is 33.0 Å². The highest BCUT2D eigenvalue weighted by Gasteiger charge is 2.15. The summed E-state index contributed by atoms with van der Waals surface area (Å²) in [6.07, 6.45) is 84.3. The largest absolute Gasteiger partial charge is 0.463 e. The maximum atomic E-state index is 11.1. The molecule has 0 fully saturated rings. The highest BCUT2D eigenvalue weighted by atomic mass is 16.5. The molecule has 0 radical (unpaired) electrons. The summed E-state index contributed by atoms with van der Waals surface area (Å²) >= 11 is 0. The van der Waals surface area contributed by atoms with E-state index in [1.807, 2.05) is 0 Å². The van der Waals surface area contributed by atoms with Gasteiger partial charge in [-0.05, 0) is 61.7 Å². The third kappa shape index (κ3) is 94.2. The smallest absolute Gasteiger partial charge is 0.330 e. The van der Waals surface area contributed by atoms with Crippen molar-refractivity contribution < 1.29 is 47.7 Å². The van der Waals surface area contributed by atoms with Crippen LogP contribution in [0.3, 0.4) is 0 Å². The van der Waals surface area contributed by atoms with Crippen molar-refractivity contribution >= 4 is 29.8 Å². The van der Waals surface area contributed by atoms with Gasteiger partial charge < -0.3 is 23.7 Å². The summed E-state index contributed by atoms with van der Waals surface area (Å²) in [6.45, 7) is 42.4. The van der Waals surface area contributed by atoms with E-state index in [1.54, 1.807) is 0 Å². The van der Waals surface area contributed by atoms with Gasteiger partial charge in [-0.3, -0.25) is 0 Å². The van der Waals surface area contributed by atoms with E-state index in [9.17, 15) is 24.0 Å². The average Bonchev–Trinajstić information content (AvgIpc) is 2.38. The lowest BCUT2D eigenvalue weighted by Crippen LogP contribution is -2.09. The summed E-state index contributed by atoms with van der Waals surface area (Å²) in [5.74, 6) is 2.17. The van der Waals surface area contributed by atoms with Crippen LogP contribution in [-0.4, -0.2) is 62.9 Å². The van der Waals surface area contributed by atoms with Gasteiger partial charge in [-0.2, -0.15) is 0 Å². The van der Waals surface area contributed by atoms with Crippen LogP contribution in [0.25, 0.3) is 0 Å². The van der Waals surface area contributed by atoms with Crippen molar-refractivity contribution in [3.8, 4) is 0 Å². The van der Waals surface area contributed by atoms with Crippen LogP contribution in [0.1, 0.15) is 454 Å². The molecule has 0 rings (SSSR count). The number of carbonyl (C=O) groups excluding carboxylic acids is 5. The molecule has 620 valence electrons. The first-order valence-electron chi connectivity index (χ1n) is 45.2. The van der Waals surface area contributed by atoms with E-state index < -0.39 is 0 Å². The average molecular weight is 1480 g/mol. The Labute approximate surface area is 654 Å². The first-order valence-corrected chi connectivity index (χ1v) is 45.2. The van der Waals surface area contributed by atoms with Gasteiger partial charge in [0.1, 0.15) is 0 Å². The Hall–Kier alpha value is -3.95. The Bertz CT molecular complexity index is 1820. The maximum Gasteiger partial charge on any atom is 0.330 e. The summed E-state index contributed by atoms with van der Waals surface area (Å²) in [7, 11) is 0. The molecule has 0 N–H and O–H groups in total. The third-order valence-electron chi connectivity index (χ3n) is 20.6. The van der Waals surface area contributed by atoms with E-state index >= 15 is 0 Å². The third-order valence-corrected chi connectivity index (χ3v) is 20.6. The minimum atomic E-state index is -0.291. The van der Waals surface area contributed by atoms with E-state index in [2.05, 4.69) is 102 Å². The highest BCUT2D eigenvalue weighted by molar-refractivity contribution is 5.82. The Kier molecular flexibility index (Phi) is 100. The van der Waals surface area contributed by atoms with Crippen LogP contribution >= 0.6 is 0 Å². The van der Waals surface area contributed by atoms with Gasteiger partial charge in [0.15, 0.2) is 0 Å². The zero-order valence-corrected chi connectivity index (χ0v) is 71.9. The number of hydrogen-bond donors (Lipinski definition) is 0. The Morgan fingerprint density at radius 1 is 0.181 bits per heavy atom. The predicted molar refractivity (Wildman–Crippen MR) is 457 cm³/mol. The lowest BCUT2D eigenvalue weighted by molar-refractivity contribution is -0.139. The Morgan fingerprint density at radius 3 is 0.419 bits per heavy atom. The number of ether oxygens (including phenoxy) is 5. The summed E-state index contributed by atoms with van der Waals surface area (Å²) in [4.78, 5) is 55.4. The highest BCUT2D eigenvalue weighted by Crippen LogP contribution is 2.27. The van der Waals surface area contributed by atoms with E-state index in [0.717, 1.165) is 61.7 Å². The van der Waals surface area contributed by atoms with Crippen molar-refractivity contribution in [3.63, 3.8) is 0 Å². The quantitative estimate of drug-likeness (QED) is 0.0251. The van der Waals surface area contributed by atoms with Crippen molar-refractivity contribution in [2.45, 2.75) is 454 Å². The molecule has 10 nitrogen and oxygen atoms in total. The first-order chi connectivity index (χ1) is 51.2. The van der Waals surface area contributed by atoms with Gasteiger partial charge in [0, 0.05) is 30.4 Å². The minimum Gasteiger partial charge on any atom is -0.463 e. The summed E-state index contributed by atoms with van der Waals surface area (Å²) in [5, 5.41) is 0. The zero-order valence-electron chi connectivity index (χ0n) is 71.9. The fourth-order valence-electron chi connectivity index (χ4n) is 13.6. The van der Waals surface area contributed by atoms with Crippen molar-refractivity contribution in [2.24, 2.45) is 29.6 Å². The van der Waals surface area contributed by atoms with Gasteiger partial charge in [0.25, 0.3) is 0 Å². The van der Waals surface area contributed by atoms with Gasteiger partial charge in [0.2, 0.25) is 0 Å². The topological polar surface area (TPSA) is 132 Å². The van der Waals surface area contributed by atoms with Gasteiger partial charge in [-0.1, -0.05) is 455 Å². The molecule has 3 unspecified atom stereocenters. The fourth-order valence-corrected chi connectivity index (χ4v) is 13.6. The Balaban J connectivity index is -0.000000397. The molecule has 0 saturated heterocycles. The molecule has 10 heteroatoms. The number of unbranched alkanes of at least 4 members (excludes halogenated alkanes) is 35. The number of hydrogen-bond acceptors (Lipinski definition) is 10. The van der Waals surface area contributed by atoms with Gasteiger partial charge in [-0.15, -0.1) is 0 Å². The van der Waals surface area contributed by atoms with Crippen LogP contribution in [0.2, 0.25) is 0 Å². The standard InChI is InChI=1S/2C20H38O2.C19H36O2.2C18H34O2/c1-4-7-9-11-12-14-16-19(15-13-10-8-5-2)17-18-22-20(21)6-3;1-4-7-9-11-13-15-19(16-14-12-10-8-5-2)17-18-22-20(21)6-3;1-4-7-9-11-13-15-18(14-12-10-8-5-2)16-17-21-19(20)6-3;1-4-7-9-10-12-14-17(13-11-8-5-2)15-16-20-18(19)6-3;1-4-7-9-11-13-17(14-12-10-8-5-2)15-16-20-18(19)6-3/h2*6,19H,3-5,7-18H2,1-2H3;6,18H,3-5,7-17H2,1-2H3;2*6,17H,3-5,7-16H2,1-2H3. The zero-order chi connectivity index (χ0) is 78.8. The second kappa shape index (κ2) is 96.1. The van der Waals surface area contributed by atoms with E-state index in [-0.39, 0.29) is 29.8 Å². The van der Waals surface area contributed by atoms with Crippen molar-refractivity contribution in [3.05, 3.63) is 63.3 Å². The molecule has 0 aromatic rings. The molecule has 0 aliphatic rings. The molecule has 0 spiro atoms. The van der Waals surface area contributed by atoms with E-state index in [1.165, 1.54) is 384 Å². The van der Waals surface area contributed by atoms with Crippen LogP contribution in [-0.2, 0) is 47.7 Å². The molecule has 3 atom stereocenters. The first kappa shape index (κ1) is 110. The lowest BCUT2D eigenvalue weighted by Gasteiger charge is -2.16. The van der Waals surface area contributed by atoms with Gasteiger partial charge >= 0.3 is 29.8 Å². The van der Waals surface area contributed by atoms with E-state index in [4.69, 9.17) is 23.7 Å². The predicted octanol–water partition coefficient (Wildman–Crippen LogP) is 30.3. The van der Waals surface area contributed by atoms with Crippen LogP contribution < -0.4 is 0 Å². The second-order valence-electron chi connectivity index (χ2n) is 30.4. The van der Waals surface area contributed by atoms with Crippen LogP contribution in [0.15, 0.2) is 63.3 Å². The molecule has 0 amide bonds. The fraction of sp³-hybridized carbons (Fsp3) is 0.842. The summed E-state index contributed by atoms with van der Waals surface area (Å²) in [5.41, 5.74) is 0. The van der Waals surface area contributed by atoms with Gasteiger partial charge in [-0.25, -0.2) is 24.0 Å². The van der Waals surface area contributed by atoms with Crippen molar-refractivity contribution in [1.82, 2.24) is 0 Å². The lowest BCUT2D eigenvalue weighted by atomic mass is 9.92. The molecular formula is C95H180O10. The summed E-state index contributed by atoms with van der Waals surface area (Å²) < 4.78 is 25.7. The number of esters is 5. The molecule has 105 heavy (non-hydrogen) atoms. The molecule has 0 aliphatic carbocycles. The SMILES string of the molecule is C=CC(=O)OCCC(CCCCC)CCCCCCC.C=CC(=O)OCCC(CCCCCC)CCCCCC.C=CC(=O)OCCC(CCCCCC)CCCCCCC.C=CC(=O)OCCC(CCCCCC)CCCCCCCC.C=CC(=O)OCCC(CCCCCCC)CCCCCCC. The minimum absolute atomic E-state index is 0.287. The molecule has 0 aromatic carbocycles. The van der Waals surface area contributed by atoms with Crippen LogP contribution in [0.5, 0.6) is 0 Å². The van der Waals surface area contributed by atoms with Crippen molar-refractivity contribution in [1.29, 1.82) is 0 Å². The Morgan fingerprint density at radius 2 is 0.286 bits per heavy atom. The van der Waals surface area contributed by atoms with Crippen molar-refractivity contribution in [2.75, 3.05) is 33.0 Å². The normalized spacial score (nSPS) is 11.6. The number of rotatable bonds is 75. The molecular weight excluding hydrogens is 1300 g/mol. The molecule has 0 bridgehead atoms. The summed E-state index contributed by atoms with van der Waals surface area (Å²) in [6, 6.07) is 0. The van der Waals surface area contributed by atoms with Gasteiger partial charge in [0.05, 0.1) is 33.0 Å². The van der Waals surface area contributed by atoms with Crippen LogP contribution in [0.4, 0.5) is 0 Å². The molecule has 0 aliphatic heterocycles.